The number of nitrogens with one attached hydrogen (secondary N) is 2. The monoisotopic (exact) mass is 583 g/mol. The molecule has 3 rings (SSSR count). The fraction of sp³-hybridized carbons (Fsp3) is 0.500. The molecule has 0 saturated heterocycles. The number of alkyl halides is 1. The molecule has 3 aromatic rings. The Balaban J connectivity index is 1.85. The van der Waals surface area contributed by atoms with Gasteiger partial charge in [-0.3, -0.25) is 13.9 Å². The number of rotatable bonds is 14. The molecule has 220 valence electrons. The number of carbonyl (C=O) groups excluding carboxylic acids is 1. The summed E-state index contributed by atoms with van der Waals surface area (Å²) < 4.78 is 52.6. The van der Waals surface area contributed by atoms with Crippen LogP contribution in [0.2, 0.25) is 0 Å². The van der Waals surface area contributed by atoms with Crippen LogP contribution in [-0.2, 0) is 29.1 Å². The van der Waals surface area contributed by atoms with Gasteiger partial charge in [0.15, 0.2) is 17.0 Å². The fourth-order valence-corrected chi connectivity index (χ4v) is 5.19. The number of nitrogens with two attached hydrogens (primary N) is 1. The number of ether oxygens (including phenoxy) is 2. The molecule has 0 bridgehead atoms. The quantitative estimate of drug-likeness (QED) is 0.160. The zero-order chi connectivity index (χ0) is 29.7. The van der Waals surface area contributed by atoms with E-state index in [1.807, 2.05) is 0 Å². The topological polar surface area (TPSA) is 185 Å². The molecule has 0 aliphatic rings. The number of imidazole rings is 1. The first-order valence-corrected chi connectivity index (χ1v) is 13.9. The Morgan fingerprint density at radius 1 is 1.25 bits per heavy atom. The molecular formula is C24H35FN7O7P. The van der Waals surface area contributed by atoms with Gasteiger partial charge in [-0.1, -0.05) is 18.2 Å². The number of anilines is 2. The van der Waals surface area contributed by atoms with Crippen LogP contribution >= 0.6 is 7.75 Å². The molecule has 0 unspecified atom stereocenters. The minimum atomic E-state index is -4.30. The molecule has 0 amide bonds. The summed E-state index contributed by atoms with van der Waals surface area (Å²) in [5.74, 6) is -2.94. The molecule has 2 aromatic heterocycles. The van der Waals surface area contributed by atoms with Crippen LogP contribution < -0.4 is 20.7 Å². The summed E-state index contributed by atoms with van der Waals surface area (Å²) >= 11 is 0. The van der Waals surface area contributed by atoms with Crippen LogP contribution in [0.4, 0.5) is 16.2 Å². The van der Waals surface area contributed by atoms with Crippen molar-refractivity contribution in [3.8, 4) is 5.75 Å². The Hall–Kier alpha value is -3.36. The van der Waals surface area contributed by atoms with Crippen molar-refractivity contribution in [3.63, 3.8) is 0 Å². The highest BCUT2D eigenvalue weighted by Crippen LogP contribution is 2.45. The third kappa shape index (κ3) is 7.23. The van der Waals surface area contributed by atoms with Crippen LogP contribution in [0.1, 0.15) is 27.7 Å². The van der Waals surface area contributed by atoms with Gasteiger partial charge in [0.05, 0.1) is 19.0 Å². The second-order valence-corrected chi connectivity index (χ2v) is 10.9. The summed E-state index contributed by atoms with van der Waals surface area (Å²) in [5.41, 5.74) is 6.01. The summed E-state index contributed by atoms with van der Waals surface area (Å²) in [5, 5.41) is 16.4. The van der Waals surface area contributed by atoms with Gasteiger partial charge in [-0.2, -0.15) is 15.1 Å². The van der Waals surface area contributed by atoms with Crippen LogP contribution in [0.5, 0.6) is 5.75 Å². The third-order valence-corrected chi connectivity index (χ3v) is 7.39. The van der Waals surface area contributed by atoms with E-state index in [0.29, 0.717) is 0 Å². The predicted molar refractivity (Wildman–Crippen MR) is 145 cm³/mol. The Morgan fingerprint density at radius 3 is 2.52 bits per heavy atom. The second-order valence-electron chi connectivity index (χ2n) is 9.24. The average molecular weight is 584 g/mol. The van der Waals surface area contributed by atoms with Crippen molar-refractivity contribution in [2.24, 2.45) is 0 Å². The smallest absolute Gasteiger partial charge is 0.459 e. The minimum Gasteiger partial charge on any atom is -0.462 e. The van der Waals surface area contributed by atoms with Crippen LogP contribution in [-0.4, -0.2) is 75.7 Å². The van der Waals surface area contributed by atoms with E-state index in [1.54, 1.807) is 39.1 Å². The van der Waals surface area contributed by atoms with Crippen molar-refractivity contribution in [3.05, 3.63) is 36.7 Å². The maximum atomic E-state index is 16.2. The zero-order valence-electron chi connectivity index (χ0n) is 23.1. The number of esters is 1. The summed E-state index contributed by atoms with van der Waals surface area (Å²) in [4.78, 5) is 24.6. The van der Waals surface area contributed by atoms with Gasteiger partial charge >= 0.3 is 13.7 Å². The first-order valence-electron chi connectivity index (χ1n) is 12.4. The SMILES string of the molecule is CNc1nc(N)nc2c1ncn2[C@](C)(F)[C@H](O)[C@@H](CO[P@](=O)(N[C@@H](C)C(=O)OC(C)C)Oc1ccccc1)OC. The van der Waals surface area contributed by atoms with Crippen molar-refractivity contribution < 1.29 is 37.4 Å². The minimum absolute atomic E-state index is 0.0221. The van der Waals surface area contributed by atoms with E-state index in [-0.39, 0.29) is 28.7 Å². The van der Waals surface area contributed by atoms with Crippen LogP contribution in [0.15, 0.2) is 36.7 Å². The lowest BCUT2D eigenvalue weighted by Crippen LogP contribution is -2.48. The number of hydrogen-bond donors (Lipinski definition) is 4. The van der Waals surface area contributed by atoms with E-state index >= 15 is 4.39 Å². The molecule has 5 N–H and O–H groups in total. The zero-order valence-corrected chi connectivity index (χ0v) is 24.0. The summed E-state index contributed by atoms with van der Waals surface area (Å²) in [6, 6.07) is 7.00. The van der Waals surface area contributed by atoms with E-state index in [2.05, 4.69) is 25.4 Å². The standard InChI is InChI=1S/C24H35FN7O7P/c1-14(2)38-22(34)15(3)31-40(35,39-16-10-8-7-9-11-16)37-12-17(36-6)19(33)24(4,25)32-13-28-18-20(27-5)29-23(26)30-21(18)32/h7-11,13-15,17,19,33H,12H2,1-6H3,(H,31,35)(H3,26,27,29,30)/t15-,17+,19+,24-,40+/m0/s1. The Morgan fingerprint density at radius 2 is 1.93 bits per heavy atom. The van der Waals surface area contributed by atoms with Gasteiger partial charge in [0, 0.05) is 14.2 Å². The molecule has 0 saturated carbocycles. The maximum Gasteiger partial charge on any atom is 0.459 e. The van der Waals surface area contributed by atoms with E-state index < -0.39 is 50.5 Å². The highest BCUT2D eigenvalue weighted by Gasteiger charge is 2.44. The Kier molecular flexibility index (Phi) is 10.0. The molecule has 0 aliphatic heterocycles. The first-order chi connectivity index (χ1) is 18.8. The number of aliphatic hydroxyl groups excluding tert-OH is 1. The first kappa shape index (κ1) is 31.2. The largest absolute Gasteiger partial charge is 0.462 e. The number of methoxy groups -OCH3 is 1. The Bertz CT molecular complexity index is 1340. The van der Waals surface area contributed by atoms with Gasteiger partial charge in [-0.25, -0.2) is 13.9 Å². The summed E-state index contributed by atoms with van der Waals surface area (Å²) in [7, 11) is -1.49. The molecule has 40 heavy (non-hydrogen) atoms. The number of nitrogen functional groups attached to an aromatic ring is 1. The molecule has 0 fully saturated rings. The highest BCUT2D eigenvalue weighted by molar-refractivity contribution is 7.52. The van der Waals surface area contributed by atoms with Gasteiger partial charge in [-0.05, 0) is 39.8 Å². The molecule has 0 spiro atoms. The van der Waals surface area contributed by atoms with Gasteiger partial charge in [0.2, 0.25) is 11.7 Å². The second kappa shape index (κ2) is 12.9. The van der Waals surface area contributed by atoms with Crippen molar-refractivity contribution in [1.82, 2.24) is 24.6 Å². The molecule has 14 nitrogen and oxygen atoms in total. The number of nitrogens with zero attached hydrogens (tertiary/aromatic N) is 4. The van der Waals surface area contributed by atoms with Crippen molar-refractivity contribution in [1.29, 1.82) is 0 Å². The number of aromatic nitrogens is 4. The highest BCUT2D eigenvalue weighted by atomic mass is 31.2. The van der Waals surface area contributed by atoms with Gasteiger partial charge < -0.3 is 30.2 Å². The third-order valence-electron chi connectivity index (χ3n) is 5.75. The fourth-order valence-electron chi connectivity index (χ4n) is 3.69. The van der Waals surface area contributed by atoms with E-state index in [0.717, 1.165) is 17.8 Å². The number of benzene rings is 1. The van der Waals surface area contributed by atoms with Crippen molar-refractivity contribution in [2.75, 3.05) is 31.8 Å². The number of aliphatic hydroxyl groups is 1. The lowest BCUT2D eigenvalue weighted by atomic mass is 10.0. The Labute approximate surface area is 231 Å². The van der Waals surface area contributed by atoms with E-state index in [1.165, 1.54) is 26.2 Å². The molecule has 0 radical (unpaired) electrons. The number of para-hydroxylation sites is 1. The molecule has 5 atom stereocenters. The van der Waals surface area contributed by atoms with Crippen LogP contribution in [0.25, 0.3) is 11.2 Å². The number of fused-ring (bicyclic) bond motifs is 1. The molecule has 1 aromatic carbocycles. The molecule has 16 heteroatoms. The van der Waals surface area contributed by atoms with Gasteiger partial charge in [0.1, 0.15) is 24.0 Å². The van der Waals surface area contributed by atoms with Gasteiger partial charge in [-0.15, -0.1) is 0 Å². The van der Waals surface area contributed by atoms with E-state index in [9.17, 15) is 14.5 Å². The average Bonchev–Trinajstić information content (AvgIpc) is 3.33. The summed E-state index contributed by atoms with van der Waals surface area (Å²) in [6.07, 6.45) is -2.53. The predicted octanol–water partition coefficient (Wildman–Crippen LogP) is 2.60. The molecular weight excluding hydrogens is 548 g/mol. The lowest BCUT2D eigenvalue weighted by Gasteiger charge is -2.33. The van der Waals surface area contributed by atoms with E-state index in [4.69, 9.17) is 24.3 Å². The summed E-state index contributed by atoms with van der Waals surface area (Å²) in [6.45, 7) is 5.25. The molecule has 2 heterocycles. The van der Waals surface area contributed by atoms with Crippen molar-refractivity contribution >= 4 is 36.6 Å². The lowest BCUT2D eigenvalue weighted by molar-refractivity contribution is -0.149. The number of carbonyl (C=O) groups is 1. The molecule has 0 aliphatic carbocycles. The maximum absolute atomic E-state index is 16.2. The van der Waals surface area contributed by atoms with Crippen LogP contribution in [0.3, 0.4) is 0 Å². The normalized spacial score (nSPS) is 17.0. The van der Waals surface area contributed by atoms with Crippen LogP contribution in [0, 0.1) is 0 Å². The number of hydrogen-bond acceptors (Lipinski definition) is 12. The van der Waals surface area contributed by atoms with Crippen molar-refractivity contribution in [2.45, 2.75) is 57.8 Å². The van der Waals surface area contributed by atoms with Gasteiger partial charge in [0.25, 0.3) is 0 Å². The number of halogens is 1.